The lowest BCUT2D eigenvalue weighted by molar-refractivity contribution is -0.0962. The van der Waals surface area contributed by atoms with Crippen LogP contribution in [0.2, 0.25) is 0 Å². The van der Waals surface area contributed by atoms with Crippen molar-refractivity contribution in [1.82, 2.24) is 0 Å². The summed E-state index contributed by atoms with van der Waals surface area (Å²) in [6.45, 7) is 0. The zero-order valence-corrected chi connectivity index (χ0v) is 7.50. The molecule has 0 N–H and O–H groups in total. The normalized spacial score (nSPS) is 23.6. The molecule has 3 heteroatoms. The monoisotopic (exact) mass is 193 g/mol. The molecule has 1 aliphatic carbocycles. The van der Waals surface area contributed by atoms with Crippen LogP contribution < -0.4 is 0 Å². The highest BCUT2D eigenvalue weighted by atomic mass is 19.3. The Hall–Kier alpha value is -1.43. The van der Waals surface area contributed by atoms with Crippen molar-refractivity contribution in [3.05, 3.63) is 35.4 Å². The van der Waals surface area contributed by atoms with Gasteiger partial charge in [0, 0.05) is 12.3 Å². The Bertz CT molecular complexity index is 375. The van der Waals surface area contributed by atoms with Crippen molar-refractivity contribution < 1.29 is 8.78 Å². The lowest BCUT2D eigenvalue weighted by Gasteiger charge is -2.36. The number of nitrogens with zero attached hydrogens (tertiary/aromatic N) is 1. The Morgan fingerprint density at radius 1 is 1.29 bits per heavy atom. The second-order valence-corrected chi connectivity index (χ2v) is 3.59. The SMILES string of the molecule is N#Cc1ccc(C2CCC2(F)F)cc1. The topological polar surface area (TPSA) is 23.8 Å². The fourth-order valence-corrected chi connectivity index (χ4v) is 1.71. The summed E-state index contributed by atoms with van der Waals surface area (Å²) < 4.78 is 26.0. The van der Waals surface area contributed by atoms with Crippen LogP contribution in [0.4, 0.5) is 8.78 Å². The summed E-state index contributed by atoms with van der Waals surface area (Å²) in [6.07, 6.45) is 0.524. The van der Waals surface area contributed by atoms with Crippen molar-refractivity contribution in [2.75, 3.05) is 0 Å². The van der Waals surface area contributed by atoms with Crippen LogP contribution >= 0.6 is 0 Å². The molecule has 1 aliphatic rings. The molecule has 72 valence electrons. The molecule has 0 bridgehead atoms. The summed E-state index contributed by atoms with van der Waals surface area (Å²) in [5.74, 6) is -3.19. The minimum absolute atomic E-state index is 0.0162. The quantitative estimate of drug-likeness (QED) is 0.672. The third-order valence-corrected chi connectivity index (χ3v) is 2.72. The molecule has 1 aromatic rings. The van der Waals surface area contributed by atoms with Gasteiger partial charge in [-0.25, -0.2) is 8.78 Å². The number of nitriles is 1. The maximum atomic E-state index is 13.0. The number of hydrogen-bond acceptors (Lipinski definition) is 1. The molecule has 1 aromatic carbocycles. The predicted octanol–water partition coefficient (Wildman–Crippen LogP) is 3.07. The van der Waals surface area contributed by atoms with E-state index >= 15 is 0 Å². The van der Waals surface area contributed by atoms with Gasteiger partial charge in [0.2, 0.25) is 0 Å². The highest BCUT2D eigenvalue weighted by Crippen LogP contribution is 2.49. The van der Waals surface area contributed by atoms with Crippen molar-refractivity contribution in [3.63, 3.8) is 0 Å². The van der Waals surface area contributed by atoms with E-state index in [0.29, 0.717) is 17.5 Å². The van der Waals surface area contributed by atoms with Gasteiger partial charge in [0.1, 0.15) is 0 Å². The van der Waals surface area contributed by atoms with E-state index in [4.69, 9.17) is 5.26 Å². The molecule has 14 heavy (non-hydrogen) atoms. The minimum atomic E-state index is -2.55. The molecule has 1 saturated carbocycles. The molecule has 0 spiro atoms. The molecule has 1 atom stereocenters. The predicted molar refractivity (Wildman–Crippen MR) is 48.1 cm³/mol. The van der Waals surface area contributed by atoms with E-state index < -0.39 is 11.8 Å². The maximum Gasteiger partial charge on any atom is 0.254 e. The second-order valence-electron chi connectivity index (χ2n) is 3.59. The molecular formula is C11H9F2N. The van der Waals surface area contributed by atoms with Gasteiger partial charge in [-0.1, -0.05) is 12.1 Å². The lowest BCUT2D eigenvalue weighted by atomic mass is 9.76. The molecule has 0 saturated heterocycles. The number of halogens is 2. The van der Waals surface area contributed by atoms with Gasteiger partial charge in [0.15, 0.2) is 0 Å². The summed E-state index contributed by atoms with van der Waals surface area (Å²) in [5, 5.41) is 8.54. The minimum Gasteiger partial charge on any atom is -0.206 e. The van der Waals surface area contributed by atoms with Crippen molar-refractivity contribution in [1.29, 1.82) is 5.26 Å². The average molecular weight is 193 g/mol. The Labute approximate surface area is 81.0 Å². The molecule has 0 amide bonds. The molecule has 1 nitrogen and oxygen atoms in total. The van der Waals surface area contributed by atoms with E-state index in [2.05, 4.69) is 0 Å². The van der Waals surface area contributed by atoms with Gasteiger partial charge in [-0.2, -0.15) is 5.26 Å². The first-order valence-electron chi connectivity index (χ1n) is 4.51. The molecule has 0 radical (unpaired) electrons. The standard InChI is InChI=1S/C11H9F2N/c12-11(13)6-5-10(11)9-3-1-8(7-14)2-4-9/h1-4,10H,5-6H2. The first-order valence-corrected chi connectivity index (χ1v) is 4.51. The van der Waals surface area contributed by atoms with Crippen LogP contribution in [0.1, 0.15) is 29.9 Å². The maximum absolute atomic E-state index is 13.0. The zero-order chi connectivity index (χ0) is 10.2. The molecule has 2 rings (SSSR count). The summed E-state index contributed by atoms with van der Waals surface area (Å²) in [5.41, 5.74) is 1.15. The Kier molecular flexibility index (Phi) is 1.99. The van der Waals surface area contributed by atoms with Crippen molar-refractivity contribution in [2.45, 2.75) is 24.7 Å². The van der Waals surface area contributed by atoms with Crippen molar-refractivity contribution in [3.8, 4) is 6.07 Å². The zero-order valence-electron chi connectivity index (χ0n) is 7.50. The molecule has 0 aliphatic heterocycles. The number of alkyl halides is 2. The van der Waals surface area contributed by atoms with Crippen LogP contribution in [-0.2, 0) is 0 Å². The molecule has 0 aromatic heterocycles. The van der Waals surface area contributed by atoms with E-state index in [9.17, 15) is 8.78 Å². The summed E-state index contributed by atoms with van der Waals surface area (Å²) in [7, 11) is 0. The second kappa shape index (κ2) is 3.06. The largest absolute Gasteiger partial charge is 0.254 e. The van der Waals surface area contributed by atoms with Crippen LogP contribution in [0, 0.1) is 11.3 Å². The average Bonchev–Trinajstić information content (AvgIpc) is 2.18. The number of benzene rings is 1. The van der Waals surface area contributed by atoms with Gasteiger partial charge in [0.05, 0.1) is 11.6 Å². The van der Waals surface area contributed by atoms with E-state index in [0.717, 1.165) is 0 Å². The molecule has 1 unspecified atom stereocenters. The van der Waals surface area contributed by atoms with Crippen LogP contribution in [-0.4, -0.2) is 5.92 Å². The molecular weight excluding hydrogens is 184 g/mol. The summed E-state index contributed by atoms with van der Waals surface area (Å²) in [6, 6.07) is 8.38. The van der Waals surface area contributed by atoms with Gasteiger partial charge in [-0.3, -0.25) is 0 Å². The third-order valence-electron chi connectivity index (χ3n) is 2.72. The van der Waals surface area contributed by atoms with Gasteiger partial charge in [-0.05, 0) is 24.1 Å². The first kappa shape index (κ1) is 9.14. The van der Waals surface area contributed by atoms with Crippen LogP contribution in [0.25, 0.3) is 0 Å². The fraction of sp³-hybridized carbons (Fsp3) is 0.364. The number of rotatable bonds is 1. The van der Waals surface area contributed by atoms with E-state index in [1.807, 2.05) is 6.07 Å². The Balaban J connectivity index is 2.23. The van der Waals surface area contributed by atoms with Crippen LogP contribution in [0.5, 0.6) is 0 Å². The van der Waals surface area contributed by atoms with Gasteiger partial charge >= 0.3 is 0 Å². The summed E-state index contributed by atoms with van der Waals surface area (Å²) in [4.78, 5) is 0. The fourth-order valence-electron chi connectivity index (χ4n) is 1.71. The van der Waals surface area contributed by atoms with E-state index in [1.54, 1.807) is 24.3 Å². The first-order chi connectivity index (χ1) is 6.63. The summed E-state index contributed by atoms with van der Waals surface area (Å²) >= 11 is 0. The van der Waals surface area contributed by atoms with Gasteiger partial charge in [0.25, 0.3) is 5.92 Å². The van der Waals surface area contributed by atoms with Gasteiger partial charge < -0.3 is 0 Å². The van der Waals surface area contributed by atoms with Crippen molar-refractivity contribution >= 4 is 0 Å². The van der Waals surface area contributed by atoms with Crippen LogP contribution in [0.3, 0.4) is 0 Å². The highest BCUT2D eigenvalue weighted by molar-refractivity contribution is 5.34. The smallest absolute Gasteiger partial charge is 0.206 e. The third kappa shape index (κ3) is 1.37. The van der Waals surface area contributed by atoms with Crippen molar-refractivity contribution in [2.24, 2.45) is 0 Å². The highest BCUT2D eigenvalue weighted by Gasteiger charge is 2.48. The van der Waals surface area contributed by atoms with Gasteiger partial charge in [-0.15, -0.1) is 0 Å². The lowest BCUT2D eigenvalue weighted by Crippen LogP contribution is -2.36. The van der Waals surface area contributed by atoms with Crippen LogP contribution in [0.15, 0.2) is 24.3 Å². The van der Waals surface area contributed by atoms with E-state index in [-0.39, 0.29) is 6.42 Å². The molecule has 0 heterocycles. The molecule has 1 fully saturated rings. The number of hydrogen-bond donors (Lipinski definition) is 0. The Morgan fingerprint density at radius 2 is 1.93 bits per heavy atom. The van der Waals surface area contributed by atoms with E-state index in [1.165, 1.54) is 0 Å². The Morgan fingerprint density at radius 3 is 2.29 bits per heavy atom.